The number of carboxylic acid groups (broad SMARTS) is 2. The Labute approximate surface area is 450 Å². The molecule has 0 unspecified atom stereocenters. The van der Waals surface area contributed by atoms with Crippen molar-refractivity contribution in [3.8, 4) is 22.5 Å². The number of carboxylic acids is 2. The normalized spacial score (nSPS) is 13.6. The van der Waals surface area contributed by atoms with Crippen LogP contribution in [-0.2, 0) is 29.6 Å². The summed E-state index contributed by atoms with van der Waals surface area (Å²) in [7, 11) is -4.65. The molecule has 0 aliphatic rings. The van der Waals surface area contributed by atoms with E-state index < -0.39 is 80.9 Å². The number of benzene rings is 2. The van der Waals surface area contributed by atoms with Crippen LogP contribution in [0.2, 0.25) is 0 Å². The number of nitrogens with zero attached hydrogens (tertiary/aromatic N) is 6. The van der Waals surface area contributed by atoms with Gasteiger partial charge in [0, 0.05) is 54.7 Å². The number of aromatic nitrogens is 4. The summed E-state index contributed by atoms with van der Waals surface area (Å²) >= 11 is 0. The fraction of sp³-hybridized carbons (Fsp3) is 0.458. The van der Waals surface area contributed by atoms with Gasteiger partial charge in [-0.05, 0) is 81.1 Å². The number of aliphatic hydroxyl groups is 4. The van der Waals surface area contributed by atoms with Crippen LogP contribution >= 0.6 is 0 Å². The summed E-state index contributed by atoms with van der Waals surface area (Å²) in [6, 6.07) is 11.0. The Morgan fingerprint density at radius 2 is 0.903 bits per heavy atom. The number of anilines is 2. The SMILES string of the molecule is CC(C)(C)N.CC(C)c1nc(N(C)S(C)(=O)=O)nc(-c2ccc(F)cc2)c1C=C[C@@H](O)C[C@@H](O)CC(=O)O.CC(C)c1nc(N(C)S(C)(=O)=O)nc(-c2ccc(F)cc2)c1C=C[C@@H](O)C[C@@H](O)CC(=O)O.[CaH2]. The van der Waals surface area contributed by atoms with Crippen molar-refractivity contribution >= 4 is 93.8 Å². The third-order valence-electron chi connectivity index (χ3n) is 9.63. The van der Waals surface area contributed by atoms with Crippen molar-refractivity contribution in [2.75, 3.05) is 35.2 Å². The molecule has 396 valence electrons. The summed E-state index contributed by atoms with van der Waals surface area (Å²) in [4.78, 5) is 39.1. The number of hydrogen-bond acceptors (Lipinski definition) is 15. The first-order valence-electron chi connectivity index (χ1n) is 22.1. The number of halogens is 2. The Kier molecular flexibility index (Phi) is 26.2. The van der Waals surface area contributed by atoms with E-state index in [1.54, 1.807) is 0 Å². The molecule has 2 aromatic heterocycles. The van der Waals surface area contributed by atoms with Crippen LogP contribution in [0.5, 0.6) is 0 Å². The molecule has 0 aliphatic heterocycles. The average molecular weight is 1080 g/mol. The number of aliphatic carboxylic acids is 2. The van der Waals surface area contributed by atoms with Gasteiger partial charge in [-0.25, -0.2) is 54.2 Å². The molecule has 4 aromatic rings. The Bertz CT molecular complexity index is 2520. The zero-order valence-corrected chi connectivity index (χ0v) is 43.3. The van der Waals surface area contributed by atoms with Crippen molar-refractivity contribution in [3.63, 3.8) is 0 Å². The molecular formula is C48H69CaF2N7O12S2. The van der Waals surface area contributed by atoms with Gasteiger partial charge in [0.2, 0.25) is 31.9 Å². The first-order valence-corrected chi connectivity index (χ1v) is 25.8. The Morgan fingerprint density at radius 1 is 0.625 bits per heavy atom. The average Bonchev–Trinajstić information content (AvgIpc) is 3.22. The molecule has 0 bridgehead atoms. The maximum atomic E-state index is 13.5. The summed E-state index contributed by atoms with van der Waals surface area (Å²) in [5.74, 6) is -3.74. The van der Waals surface area contributed by atoms with Crippen molar-refractivity contribution in [3.05, 3.63) is 94.8 Å². The number of hydrogen-bond donors (Lipinski definition) is 7. The van der Waals surface area contributed by atoms with Crippen molar-refractivity contribution < 1.29 is 65.8 Å². The quantitative estimate of drug-likeness (QED) is 0.0594. The van der Waals surface area contributed by atoms with Crippen LogP contribution in [0.4, 0.5) is 20.7 Å². The molecule has 4 rings (SSSR count). The van der Waals surface area contributed by atoms with Gasteiger partial charge in [-0.1, -0.05) is 52.0 Å². The van der Waals surface area contributed by atoms with E-state index >= 15 is 0 Å². The molecule has 0 aliphatic carbocycles. The summed E-state index contributed by atoms with van der Waals surface area (Å²) in [6.45, 7) is 13.3. The van der Waals surface area contributed by atoms with E-state index in [1.165, 1.54) is 86.9 Å². The molecule has 0 spiro atoms. The van der Waals surface area contributed by atoms with E-state index in [1.807, 2.05) is 48.5 Å². The molecule has 24 heteroatoms. The number of carbonyl (C=O) groups is 2. The van der Waals surface area contributed by atoms with Crippen molar-refractivity contribution in [2.24, 2.45) is 5.73 Å². The molecule has 0 amide bonds. The molecule has 0 radical (unpaired) electrons. The van der Waals surface area contributed by atoms with E-state index in [0.717, 1.165) is 21.1 Å². The zero-order chi connectivity index (χ0) is 54.3. The second kappa shape index (κ2) is 28.8. The number of aliphatic hydroxyl groups excluding tert-OH is 4. The third-order valence-corrected chi connectivity index (χ3v) is 11.9. The minimum absolute atomic E-state index is 0. The summed E-state index contributed by atoms with van der Waals surface area (Å²) in [5.41, 5.74) is 8.96. The molecule has 2 heterocycles. The van der Waals surface area contributed by atoms with E-state index in [4.69, 9.17) is 15.9 Å². The first kappa shape index (κ1) is 65.5. The van der Waals surface area contributed by atoms with Gasteiger partial charge in [0.05, 0.1) is 72.5 Å². The molecule has 0 saturated heterocycles. The van der Waals surface area contributed by atoms with Crippen molar-refractivity contribution in [2.45, 2.75) is 116 Å². The van der Waals surface area contributed by atoms with Gasteiger partial charge in [-0.15, -0.1) is 0 Å². The van der Waals surface area contributed by atoms with Crippen LogP contribution in [0.25, 0.3) is 34.7 Å². The standard InChI is InChI=1S/2C22H28FN3O6S.C4H11N.Ca.2H/c2*1-13(2)20-18(10-9-16(27)11-17(28)12-19(29)30)21(14-5-7-15(23)8-6-14)25-22(24-20)26(3)33(4,31)32;1-4(2,3)5;;;/h2*5-10,13,16-17,27-28H,11-12H2,1-4H3,(H,29,30);5H2,1-3H3;;;/t2*16-,17-;;;;/m11..../s1. The maximum absolute atomic E-state index is 13.5. The van der Waals surface area contributed by atoms with Crippen molar-refractivity contribution in [1.29, 1.82) is 0 Å². The van der Waals surface area contributed by atoms with E-state index in [9.17, 15) is 55.6 Å². The second-order valence-corrected chi connectivity index (χ2v) is 22.3. The molecular weight excluding hydrogens is 1010 g/mol. The number of rotatable bonds is 20. The third kappa shape index (κ3) is 22.7. The predicted octanol–water partition coefficient (Wildman–Crippen LogP) is 4.63. The molecule has 2 aromatic carbocycles. The monoisotopic (exact) mass is 1080 g/mol. The topological polar surface area (TPSA) is 308 Å². The molecule has 4 atom stereocenters. The predicted molar refractivity (Wildman–Crippen MR) is 278 cm³/mol. The van der Waals surface area contributed by atoms with Gasteiger partial charge >= 0.3 is 49.7 Å². The van der Waals surface area contributed by atoms with Crippen LogP contribution in [-0.4, -0.2) is 174 Å². The summed E-state index contributed by atoms with van der Waals surface area (Å²) < 4.78 is 77.2. The van der Waals surface area contributed by atoms with E-state index in [-0.39, 0.29) is 79.9 Å². The van der Waals surface area contributed by atoms with Gasteiger partial charge in [-0.2, -0.15) is 0 Å². The zero-order valence-electron chi connectivity index (χ0n) is 41.7. The van der Waals surface area contributed by atoms with Gasteiger partial charge in [0.25, 0.3) is 0 Å². The van der Waals surface area contributed by atoms with Crippen LogP contribution < -0.4 is 14.3 Å². The fourth-order valence-corrected chi connectivity index (χ4v) is 6.85. The Morgan fingerprint density at radius 3 is 1.14 bits per heavy atom. The van der Waals surface area contributed by atoms with Gasteiger partial charge in [-0.3, -0.25) is 9.59 Å². The van der Waals surface area contributed by atoms with Crippen LogP contribution in [0.1, 0.15) is 109 Å². The van der Waals surface area contributed by atoms with E-state index in [0.29, 0.717) is 45.0 Å². The molecule has 8 N–H and O–H groups in total. The Balaban J connectivity index is 0.000000649. The van der Waals surface area contributed by atoms with E-state index in [2.05, 4.69) is 19.9 Å². The van der Waals surface area contributed by atoms with Crippen molar-refractivity contribution in [1.82, 2.24) is 19.9 Å². The van der Waals surface area contributed by atoms with Crippen LogP contribution in [0.15, 0.2) is 60.7 Å². The van der Waals surface area contributed by atoms with Gasteiger partial charge in [0.1, 0.15) is 11.6 Å². The summed E-state index contributed by atoms with van der Waals surface area (Å²) in [5, 5.41) is 57.6. The molecule has 0 saturated carbocycles. The molecule has 0 fully saturated rings. The Hall–Kier alpha value is -4.56. The summed E-state index contributed by atoms with van der Waals surface area (Å²) in [6.07, 6.45) is 1.72. The second-order valence-electron chi connectivity index (χ2n) is 18.3. The van der Waals surface area contributed by atoms with Crippen LogP contribution in [0.3, 0.4) is 0 Å². The fourth-order valence-electron chi connectivity index (χ4n) is 6.09. The molecule has 19 nitrogen and oxygen atoms in total. The first-order chi connectivity index (χ1) is 32.6. The molecule has 72 heavy (non-hydrogen) atoms. The number of sulfonamides is 2. The van der Waals surface area contributed by atoms with Gasteiger partial charge < -0.3 is 36.4 Å². The minimum atomic E-state index is -3.65. The number of nitrogens with two attached hydrogens (primary N) is 1. The van der Waals surface area contributed by atoms with Gasteiger partial charge in [0.15, 0.2) is 0 Å². The van der Waals surface area contributed by atoms with Crippen LogP contribution in [0, 0.1) is 11.6 Å².